The van der Waals surface area contributed by atoms with Crippen molar-refractivity contribution in [3.8, 4) is 11.3 Å². The second kappa shape index (κ2) is 8.44. The number of fused-ring (bicyclic) bond motifs is 1. The molecule has 2 fully saturated rings. The van der Waals surface area contributed by atoms with Crippen LogP contribution in [0.15, 0.2) is 24.7 Å². The van der Waals surface area contributed by atoms with Gasteiger partial charge in [0, 0.05) is 43.2 Å². The molecule has 31 heavy (non-hydrogen) atoms. The smallest absolute Gasteiger partial charge is 0.272 e. The molecule has 5 rings (SSSR count). The molecule has 0 bridgehead atoms. The molecule has 5 heterocycles. The fraction of sp³-hybridized carbons (Fsp3) is 0.450. The molecule has 0 atom stereocenters. The molecule has 4 N–H and O–H groups in total. The van der Waals surface area contributed by atoms with Crippen molar-refractivity contribution in [2.24, 2.45) is 0 Å². The van der Waals surface area contributed by atoms with Crippen LogP contribution in [-0.4, -0.2) is 75.9 Å². The van der Waals surface area contributed by atoms with Gasteiger partial charge >= 0.3 is 0 Å². The van der Waals surface area contributed by atoms with E-state index in [0.717, 1.165) is 42.8 Å². The van der Waals surface area contributed by atoms with Crippen molar-refractivity contribution in [2.45, 2.75) is 18.9 Å². The lowest BCUT2D eigenvalue weighted by Gasteiger charge is -2.28. The minimum absolute atomic E-state index is 0.165. The number of anilines is 2. The van der Waals surface area contributed by atoms with E-state index in [9.17, 15) is 4.79 Å². The van der Waals surface area contributed by atoms with Crippen LogP contribution in [0.1, 0.15) is 23.3 Å². The summed E-state index contributed by atoms with van der Waals surface area (Å²) in [6.45, 7) is 4.50. The van der Waals surface area contributed by atoms with Gasteiger partial charge in [0.05, 0.1) is 25.1 Å². The van der Waals surface area contributed by atoms with Crippen LogP contribution >= 0.6 is 0 Å². The minimum atomic E-state index is -0.166. The van der Waals surface area contributed by atoms with Crippen molar-refractivity contribution in [2.75, 3.05) is 50.0 Å². The number of rotatable bonds is 4. The number of ether oxygens (including phenoxy) is 1. The molecule has 0 saturated carbocycles. The van der Waals surface area contributed by atoms with Gasteiger partial charge in [-0.25, -0.2) is 19.5 Å². The van der Waals surface area contributed by atoms with Gasteiger partial charge < -0.3 is 26.0 Å². The van der Waals surface area contributed by atoms with E-state index in [-0.39, 0.29) is 17.9 Å². The van der Waals surface area contributed by atoms with Crippen LogP contribution in [0.2, 0.25) is 0 Å². The lowest BCUT2D eigenvalue weighted by atomic mass is 10.1. The molecule has 0 spiro atoms. The first-order valence-corrected chi connectivity index (χ1v) is 10.5. The Bertz CT molecular complexity index is 1070. The average molecular weight is 423 g/mol. The Morgan fingerprint density at radius 3 is 2.68 bits per heavy atom. The van der Waals surface area contributed by atoms with E-state index >= 15 is 0 Å². The predicted molar refractivity (Wildman–Crippen MR) is 115 cm³/mol. The molecule has 0 aromatic carbocycles. The Morgan fingerprint density at radius 2 is 1.94 bits per heavy atom. The molecule has 2 aliphatic heterocycles. The number of hydrogen-bond donors (Lipinski definition) is 3. The van der Waals surface area contributed by atoms with Crippen LogP contribution in [-0.2, 0) is 4.74 Å². The van der Waals surface area contributed by atoms with E-state index < -0.39 is 0 Å². The quantitative estimate of drug-likeness (QED) is 0.533. The summed E-state index contributed by atoms with van der Waals surface area (Å²) in [5, 5.41) is 11.0. The Kier molecular flexibility index (Phi) is 5.35. The summed E-state index contributed by atoms with van der Waals surface area (Å²) in [6.07, 6.45) is 6.89. The number of nitrogens with two attached hydrogens (primary N) is 1. The zero-order valence-corrected chi connectivity index (χ0v) is 17.1. The van der Waals surface area contributed by atoms with Crippen molar-refractivity contribution in [3.05, 3.63) is 30.4 Å². The van der Waals surface area contributed by atoms with Gasteiger partial charge in [-0.15, -0.1) is 0 Å². The van der Waals surface area contributed by atoms with Gasteiger partial charge in [0.2, 0.25) is 5.95 Å². The lowest BCUT2D eigenvalue weighted by Crippen LogP contribution is -2.42. The summed E-state index contributed by atoms with van der Waals surface area (Å²) in [6, 6.07) is 1.97. The van der Waals surface area contributed by atoms with Crippen molar-refractivity contribution in [3.63, 3.8) is 0 Å². The molecule has 11 heteroatoms. The molecule has 0 aliphatic carbocycles. The maximum absolute atomic E-state index is 12.9. The summed E-state index contributed by atoms with van der Waals surface area (Å²) in [7, 11) is 0. The van der Waals surface area contributed by atoms with Crippen LogP contribution in [0.5, 0.6) is 0 Å². The van der Waals surface area contributed by atoms with Crippen LogP contribution in [0.3, 0.4) is 0 Å². The monoisotopic (exact) mass is 423 g/mol. The van der Waals surface area contributed by atoms with Crippen LogP contribution in [0.4, 0.5) is 11.8 Å². The van der Waals surface area contributed by atoms with Gasteiger partial charge in [0.25, 0.3) is 5.91 Å². The van der Waals surface area contributed by atoms with Gasteiger partial charge in [-0.2, -0.15) is 5.10 Å². The lowest BCUT2D eigenvalue weighted by molar-refractivity contribution is 0.0924. The second-order valence-corrected chi connectivity index (χ2v) is 7.74. The second-order valence-electron chi connectivity index (χ2n) is 7.74. The fourth-order valence-corrected chi connectivity index (χ4v) is 3.93. The average Bonchev–Trinajstić information content (AvgIpc) is 3.25. The van der Waals surface area contributed by atoms with Gasteiger partial charge in [-0.05, 0) is 25.9 Å². The number of amides is 1. The number of nitrogen functional groups attached to an aromatic ring is 1. The van der Waals surface area contributed by atoms with Crippen molar-refractivity contribution < 1.29 is 9.53 Å². The van der Waals surface area contributed by atoms with Crippen molar-refractivity contribution >= 4 is 23.2 Å². The largest absolute Gasteiger partial charge is 0.378 e. The zero-order chi connectivity index (χ0) is 21.2. The highest BCUT2D eigenvalue weighted by Crippen LogP contribution is 2.26. The fourth-order valence-electron chi connectivity index (χ4n) is 3.93. The molecular formula is C20H25N9O2. The third kappa shape index (κ3) is 4.14. The SMILES string of the molecule is Nc1ncc(-c2cn3nc(C(=O)NC4CCNCC4)cc3c(N3CCOCC3)n2)cn1. The number of carbonyl (C=O) groups is 1. The van der Waals surface area contributed by atoms with Gasteiger partial charge in [-0.1, -0.05) is 0 Å². The standard InChI is InChI=1S/C20H25N9O2/c21-20-23-10-13(11-24-20)16-12-29-17(18(26-16)28-5-7-31-8-6-28)9-15(27-29)19(30)25-14-1-3-22-4-2-14/h9-12,14,22H,1-8H2,(H,25,30)(H2,21,23,24). The molecule has 2 aliphatic rings. The molecule has 162 valence electrons. The Labute approximate surface area is 179 Å². The maximum atomic E-state index is 12.9. The van der Waals surface area contributed by atoms with E-state index in [4.69, 9.17) is 15.5 Å². The normalized spacial score (nSPS) is 17.7. The Hall–Kier alpha value is -3.31. The minimum Gasteiger partial charge on any atom is -0.378 e. The summed E-state index contributed by atoms with van der Waals surface area (Å²) >= 11 is 0. The summed E-state index contributed by atoms with van der Waals surface area (Å²) in [4.78, 5) is 28.0. The number of nitrogens with zero attached hydrogens (tertiary/aromatic N) is 6. The van der Waals surface area contributed by atoms with E-state index in [1.165, 1.54) is 0 Å². The summed E-state index contributed by atoms with van der Waals surface area (Å²) < 4.78 is 7.20. The van der Waals surface area contributed by atoms with E-state index in [2.05, 4.69) is 30.6 Å². The third-order valence-electron chi connectivity index (χ3n) is 5.62. The molecule has 0 unspecified atom stereocenters. The highest BCUT2D eigenvalue weighted by molar-refractivity contribution is 5.94. The number of piperidine rings is 1. The van der Waals surface area contributed by atoms with E-state index in [1.807, 2.05) is 0 Å². The summed E-state index contributed by atoms with van der Waals surface area (Å²) in [5.41, 5.74) is 8.15. The molecule has 3 aromatic heterocycles. The topological polar surface area (TPSA) is 136 Å². The Balaban J connectivity index is 1.52. The predicted octanol–water partition coefficient (Wildman–Crippen LogP) is 0.0869. The van der Waals surface area contributed by atoms with Gasteiger partial charge in [-0.3, -0.25) is 4.79 Å². The van der Waals surface area contributed by atoms with Crippen LogP contribution in [0, 0.1) is 0 Å². The third-order valence-corrected chi connectivity index (χ3v) is 5.62. The van der Waals surface area contributed by atoms with Gasteiger partial charge in [0.1, 0.15) is 5.52 Å². The van der Waals surface area contributed by atoms with Crippen LogP contribution < -0.4 is 21.3 Å². The maximum Gasteiger partial charge on any atom is 0.272 e. The molecule has 0 radical (unpaired) electrons. The Morgan fingerprint density at radius 1 is 1.19 bits per heavy atom. The van der Waals surface area contributed by atoms with Crippen molar-refractivity contribution in [1.82, 2.24) is 35.2 Å². The summed E-state index contributed by atoms with van der Waals surface area (Å²) in [5.74, 6) is 0.793. The zero-order valence-electron chi connectivity index (χ0n) is 17.1. The van der Waals surface area contributed by atoms with Crippen LogP contribution in [0.25, 0.3) is 16.8 Å². The number of aromatic nitrogens is 5. The first-order chi connectivity index (χ1) is 15.2. The number of hydrogen-bond acceptors (Lipinski definition) is 9. The first kappa shape index (κ1) is 19.6. The highest BCUT2D eigenvalue weighted by atomic mass is 16.5. The number of carbonyl (C=O) groups excluding carboxylic acids is 1. The van der Waals surface area contributed by atoms with Gasteiger partial charge in [0.15, 0.2) is 11.5 Å². The highest BCUT2D eigenvalue weighted by Gasteiger charge is 2.23. The molecule has 2 saturated heterocycles. The molecule has 11 nitrogen and oxygen atoms in total. The molecular weight excluding hydrogens is 398 g/mol. The number of nitrogens with one attached hydrogen (secondary N) is 2. The molecule has 3 aromatic rings. The van der Waals surface area contributed by atoms with Crippen molar-refractivity contribution in [1.29, 1.82) is 0 Å². The first-order valence-electron chi connectivity index (χ1n) is 10.5. The van der Waals surface area contributed by atoms with E-state index in [0.29, 0.717) is 37.7 Å². The van der Waals surface area contributed by atoms with E-state index in [1.54, 1.807) is 29.2 Å². The number of morpholine rings is 1. The molecule has 1 amide bonds.